The molecule has 0 radical (unpaired) electrons. The summed E-state index contributed by atoms with van der Waals surface area (Å²) in [7, 11) is 0. The number of nitrogens with one attached hydrogen (secondary N) is 2. The van der Waals surface area contributed by atoms with E-state index in [-0.39, 0.29) is 18.9 Å². The van der Waals surface area contributed by atoms with Gasteiger partial charge in [-0.1, -0.05) is 0 Å². The molecule has 1 heterocycles. The predicted molar refractivity (Wildman–Crippen MR) is 51.3 cm³/mol. The number of urea groups is 1. The molecule has 0 unspecified atom stereocenters. The van der Waals surface area contributed by atoms with Gasteiger partial charge in [-0.05, 0) is 13.8 Å². The lowest BCUT2D eigenvalue weighted by Crippen LogP contribution is -2.41. The number of nitrogens with two attached hydrogens (primary N) is 1. The van der Waals surface area contributed by atoms with Gasteiger partial charge in [0.25, 0.3) is 5.91 Å². The number of carbonyl (C=O) groups excluding carboxylic acids is 3. The molecular formula is C8H14N4O3. The Morgan fingerprint density at radius 3 is 2.53 bits per heavy atom. The Kier molecular flexibility index (Phi) is 2.94. The Labute approximate surface area is 86.9 Å². The molecule has 0 aromatic heterocycles. The van der Waals surface area contributed by atoms with Gasteiger partial charge in [-0.2, -0.15) is 0 Å². The van der Waals surface area contributed by atoms with Gasteiger partial charge in [-0.15, -0.1) is 0 Å². The second-order valence-corrected chi connectivity index (χ2v) is 3.83. The maximum Gasteiger partial charge on any atom is 0.325 e. The SMILES string of the molecule is CC1(C)NC(=O)N(CCC(=O)NN)C1=O. The van der Waals surface area contributed by atoms with Crippen LogP contribution in [0.2, 0.25) is 0 Å². The molecule has 1 saturated heterocycles. The molecule has 15 heavy (non-hydrogen) atoms. The summed E-state index contributed by atoms with van der Waals surface area (Å²) in [6.07, 6.45) is 0.00569. The van der Waals surface area contributed by atoms with E-state index in [0.717, 1.165) is 4.90 Å². The molecule has 0 bridgehead atoms. The van der Waals surface area contributed by atoms with Gasteiger partial charge >= 0.3 is 6.03 Å². The smallest absolute Gasteiger partial charge is 0.324 e. The molecule has 0 aromatic rings. The number of hydrogen-bond acceptors (Lipinski definition) is 4. The largest absolute Gasteiger partial charge is 0.325 e. The summed E-state index contributed by atoms with van der Waals surface area (Å²) in [5.41, 5.74) is 1.04. The van der Waals surface area contributed by atoms with Crippen molar-refractivity contribution in [3.63, 3.8) is 0 Å². The first-order chi connectivity index (χ1) is 6.88. The lowest BCUT2D eigenvalue weighted by Gasteiger charge is -2.15. The van der Waals surface area contributed by atoms with Crippen molar-refractivity contribution in [1.29, 1.82) is 0 Å². The third-order valence-corrected chi connectivity index (χ3v) is 2.17. The molecule has 1 aliphatic rings. The highest BCUT2D eigenvalue weighted by atomic mass is 16.2. The number of hydrazine groups is 1. The second kappa shape index (κ2) is 3.85. The van der Waals surface area contributed by atoms with Gasteiger partial charge in [0, 0.05) is 13.0 Å². The Morgan fingerprint density at radius 2 is 2.13 bits per heavy atom. The molecule has 0 atom stereocenters. The highest BCUT2D eigenvalue weighted by Gasteiger charge is 2.43. The highest BCUT2D eigenvalue weighted by Crippen LogP contribution is 2.16. The summed E-state index contributed by atoms with van der Waals surface area (Å²) in [4.78, 5) is 34.8. The van der Waals surface area contributed by atoms with Crippen molar-refractivity contribution in [2.24, 2.45) is 5.84 Å². The van der Waals surface area contributed by atoms with Crippen LogP contribution in [0, 0.1) is 0 Å². The molecule has 0 aliphatic carbocycles. The van der Waals surface area contributed by atoms with Crippen LogP contribution in [0.15, 0.2) is 0 Å². The van der Waals surface area contributed by atoms with Gasteiger partial charge in [0.1, 0.15) is 5.54 Å². The Morgan fingerprint density at radius 1 is 1.53 bits per heavy atom. The fraction of sp³-hybridized carbons (Fsp3) is 0.625. The summed E-state index contributed by atoms with van der Waals surface area (Å²) < 4.78 is 0. The summed E-state index contributed by atoms with van der Waals surface area (Å²) in [5, 5.41) is 2.51. The van der Waals surface area contributed by atoms with E-state index < -0.39 is 17.5 Å². The van der Waals surface area contributed by atoms with Crippen LogP contribution in [0.5, 0.6) is 0 Å². The monoisotopic (exact) mass is 214 g/mol. The Balaban J connectivity index is 2.60. The maximum absolute atomic E-state index is 11.6. The van der Waals surface area contributed by atoms with Crippen LogP contribution in [0.3, 0.4) is 0 Å². The molecule has 1 aliphatic heterocycles. The quantitative estimate of drug-likeness (QED) is 0.235. The average Bonchev–Trinajstić information content (AvgIpc) is 2.34. The zero-order valence-corrected chi connectivity index (χ0v) is 8.66. The molecule has 0 spiro atoms. The molecule has 4 amide bonds. The van der Waals surface area contributed by atoms with Crippen LogP contribution in [-0.2, 0) is 9.59 Å². The normalized spacial score (nSPS) is 19.0. The van der Waals surface area contributed by atoms with Crippen LogP contribution in [0.25, 0.3) is 0 Å². The Bertz CT molecular complexity index is 313. The zero-order chi connectivity index (χ0) is 11.6. The van der Waals surface area contributed by atoms with Crippen molar-refractivity contribution < 1.29 is 14.4 Å². The minimum Gasteiger partial charge on any atom is -0.324 e. The van der Waals surface area contributed by atoms with Gasteiger partial charge in [-0.25, -0.2) is 10.6 Å². The zero-order valence-electron chi connectivity index (χ0n) is 8.66. The molecule has 7 heteroatoms. The van der Waals surface area contributed by atoms with E-state index in [1.54, 1.807) is 13.8 Å². The first-order valence-electron chi connectivity index (χ1n) is 4.52. The maximum atomic E-state index is 11.6. The van der Waals surface area contributed by atoms with E-state index in [9.17, 15) is 14.4 Å². The first-order valence-corrected chi connectivity index (χ1v) is 4.52. The molecule has 7 nitrogen and oxygen atoms in total. The van der Waals surface area contributed by atoms with Crippen molar-refractivity contribution in [2.45, 2.75) is 25.8 Å². The van der Waals surface area contributed by atoms with Crippen molar-refractivity contribution in [1.82, 2.24) is 15.6 Å². The molecule has 1 fully saturated rings. The number of amides is 4. The van der Waals surface area contributed by atoms with E-state index in [4.69, 9.17) is 5.84 Å². The molecule has 0 aromatic carbocycles. The van der Waals surface area contributed by atoms with Crippen molar-refractivity contribution in [3.8, 4) is 0 Å². The minimum absolute atomic E-state index is 0.00569. The van der Waals surface area contributed by atoms with Gasteiger partial charge in [-0.3, -0.25) is 19.9 Å². The predicted octanol–water partition coefficient (Wildman–Crippen LogP) is -1.30. The number of rotatable bonds is 3. The second-order valence-electron chi connectivity index (χ2n) is 3.83. The first kappa shape index (κ1) is 11.4. The number of nitrogens with zero attached hydrogens (tertiary/aromatic N) is 1. The third-order valence-electron chi connectivity index (χ3n) is 2.17. The van der Waals surface area contributed by atoms with E-state index in [1.165, 1.54) is 0 Å². The fourth-order valence-electron chi connectivity index (χ4n) is 1.31. The van der Waals surface area contributed by atoms with E-state index >= 15 is 0 Å². The third kappa shape index (κ3) is 2.24. The van der Waals surface area contributed by atoms with Crippen LogP contribution in [0.1, 0.15) is 20.3 Å². The van der Waals surface area contributed by atoms with Crippen LogP contribution < -0.4 is 16.6 Å². The lowest BCUT2D eigenvalue weighted by molar-refractivity contribution is -0.130. The van der Waals surface area contributed by atoms with E-state index in [0.29, 0.717) is 0 Å². The fourth-order valence-corrected chi connectivity index (χ4v) is 1.31. The van der Waals surface area contributed by atoms with Crippen LogP contribution >= 0.6 is 0 Å². The van der Waals surface area contributed by atoms with E-state index in [2.05, 4.69) is 5.32 Å². The van der Waals surface area contributed by atoms with Crippen molar-refractivity contribution in [3.05, 3.63) is 0 Å². The van der Waals surface area contributed by atoms with E-state index in [1.807, 2.05) is 5.43 Å². The standard InChI is InChI=1S/C8H14N4O3/c1-8(2)6(14)12(7(15)10-8)4-3-5(13)11-9/h3-4,9H2,1-2H3,(H,10,15)(H,11,13). The van der Waals surface area contributed by atoms with Gasteiger partial charge in [0.15, 0.2) is 0 Å². The lowest BCUT2D eigenvalue weighted by atomic mass is 10.1. The van der Waals surface area contributed by atoms with Crippen LogP contribution in [0.4, 0.5) is 4.79 Å². The van der Waals surface area contributed by atoms with Crippen molar-refractivity contribution in [2.75, 3.05) is 6.54 Å². The minimum atomic E-state index is -0.893. The number of hydrogen-bond donors (Lipinski definition) is 3. The highest BCUT2D eigenvalue weighted by molar-refractivity contribution is 6.06. The van der Waals surface area contributed by atoms with Gasteiger partial charge in [0.2, 0.25) is 5.91 Å². The summed E-state index contributed by atoms with van der Waals surface area (Å²) in [6, 6.07) is -0.477. The molecule has 0 saturated carbocycles. The molecule has 84 valence electrons. The topological polar surface area (TPSA) is 105 Å². The number of carbonyl (C=O) groups is 3. The number of imide groups is 1. The molecule has 1 rings (SSSR count). The summed E-state index contributed by atoms with van der Waals surface area (Å²) in [5.74, 6) is 4.12. The van der Waals surface area contributed by atoms with Crippen LogP contribution in [-0.4, -0.2) is 34.8 Å². The molecule has 4 N–H and O–H groups in total. The molecular weight excluding hydrogens is 200 g/mol. The average molecular weight is 214 g/mol. The van der Waals surface area contributed by atoms with Crippen molar-refractivity contribution >= 4 is 17.8 Å². The van der Waals surface area contributed by atoms with Gasteiger partial charge < -0.3 is 5.32 Å². The van der Waals surface area contributed by atoms with Gasteiger partial charge in [0.05, 0.1) is 0 Å². The Hall–Kier alpha value is -1.63. The summed E-state index contributed by atoms with van der Waals surface area (Å²) in [6.45, 7) is 3.25. The summed E-state index contributed by atoms with van der Waals surface area (Å²) >= 11 is 0.